The smallest absolute Gasteiger partial charge is 0.220 e. The highest BCUT2D eigenvalue weighted by Crippen LogP contribution is 2.23. The average Bonchev–Trinajstić information content (AvgIpc) is 3.08. The molecule has 1 aromatic heterocycles. The Morgan fingerprint density at radius 2 is 2.08 bits per heavy atom. The van der Waals surface area contributed by atoms with E-state index in [2.05, 4.69) is 15.5 Å². The van der Waals surface area contributed by atoms with Crippen molar-refractivity contribution in [3.63, 3.8) is 0 Å². The van der Waals surface area contributed by atoms with Crippen molar-refractivity contribution < 1.29 is 13.9 Å². The predicted octanol–water partition coefficient (Wildman–Crippen LogP) is 1.86. The summed E-state index contributed by atoms with van der Waals surface area (Å²) in [6.07, 6.45) is 4.00. The summed E-state index contributed by atoms with van der Waals surface area (Å²) >= 11 is 0. The van der Waals surface area contributed by atoms with E-state index in [9.17, 15) is 4.79 Å². The van der Waals surface area contributed by atoms with Crippen molar-refractivity contribution >= 4 is 5.91 Å². The third-order valence-electron chi connectivity index (χ3n) is 5.31. The molecule has 2 N–H and O–H groups in total. The van der Waals surface area contributed by atoms with E-state index < -0.39 is 0 Å². The number of furan rings is 1. The highest BCUT2D eigenvalue weighted by atomic mass is 16.5. The van der Waals surface area contributed by atoms with E-state index in [-0.39, 0.29) is 11.9 Å². The fourth-order valence-electron chi connectivity index (χ4n) is 3.74. The molecule has 6 nitrogen and oxygen atoms in total. The first-order valence-electron chi connectivity index (χ1n) is 9.58. The molecule has 2 aliphatic heterocycles. The maximum Gasteiger partial charge on any atom is 0.220 e. The standard InChI is InChI=1S/C19H31N3O3/c1-15-2-4-18(25-15)17(22-10-12-24-13-11-22)14-21-19(23)5-3-16-6-8-20-9-7-16/h2,4,16-17,20H,3,5-14H2,1H3,(H,21,23). The molecule has 0 radical (unpaired) electrons. The minimum absolute atomic E-state index is 0.0837. The second-order valence-corrected chi connectivity index (χ2v) is 7.15. The Hall–Kier alpha value is -1.37. The van der Waals surface area contributed by atoms with E-state index in [0.29, 0.717) is 18.9 Å². The number of aryl methyl sites for hydroxylation is 1. The molecule has 1 unspecified atom stereocenters. The second-order valence-electron chi connectivity index (χ2n) is 7.15. The zero-order valence-corrected chi connectivity index (χ0v) is 15.3. The normalized spacial score (nSPS) is 21.2. The number of ether oxygens (including phenoxy) is 1. The average molecular weight is 349 g/mol. The zero-order valence-electron chi connectivity index (χ0n) is 15.3. The Balaban J connectivity index is 1.50. The SMILES string of the molecule is Cc1ccc(C(CNC(=O)CCC2CCNCC2)N2CCOCC2)o1. The van der Waals surface area contributed by atoms with Crippen LogP contribution in [-0.4, -0.2) is 56.7 Å². The molecule has 3 rings (SSSR count). The summed E-state index contributed by atoms with van der Waals surface area (Å²) in [6.45, 7) is 7.94. The van der Waals surface area contributed by atoms with Crippen molar-refractivity contribution in [2.75, 3.05) is 45.9 Å². The summed E-state index contributed by atoms with van der Waals surface area (Å²) in [5.74, 6) is 2.68. The zero-order chi connectivity index (χ0) is 17.5. The molecule has 140 valence electrons. The molecular formula is C19H31N3O3. The molecule has 2 aliphatic rings. The van der Waals surface area contributed by atoms with Gasteiger partial charge in [0.2, 0.25) is 5.91 Å². The number of hydrogen-bond acceptors (Lipinski definition) is 5. The van der Waals surface area contributed by atoms with E-state index in [0.717, 1.165) is 57.3 Å². The van der Waals surface area contributed by atoms with Gasteiger partial charge >= 0.3 is 0 Å². The van der Waals surface area contributed by atoms with Crippen molar-refractivity contribution in [3.05, 3.63) is 23.7 Å². The third-order valence-corrected chi connectivity index (χ3v) is 5.31. The van der Waals surface area contributed by atoms with Gasteiger partial charge in [0, 0.05) is 26.1 Å². The summed E-state index contributed by atoms with van der Waals surface area (Å²) < 4.78 is 11.3. The fraction of sp³-hybridized carbons (Fsp3) is 0.737. The Bertz CT molecular complexity index is 534. The van der Waals surface area contributed by atoms with E-state index in [1.807, 2.05) is 19.1 Å². The minimum atomic E-state index is 0.0837. The lowest BCUT2D eigenvalue weighted by Gasteiger charge is -2.33. The van der Waals surface area contributed by atoms with Crippen molar-refractivity contribution in [2.24, 2.45) is 5.92 Å². The molecule has 6 heteroatoms. The summed E-state index contributed by atoms with van der Waals surface area (Å²) in [5, 5.41) is 6.50. The Kier molecular flexibility index (Phi) is 6.90. The van der Waals surface area contributed by atoms with Crippen molar-refractivity contribution in [1.82, 2.24) is 15.5 Å². The Morgan fingerprint density at radius 3 is 2.76 bits per heavy atom. The predicted molar refractivity (Wildman–Crippen MR) is 96.4 cm³/mol. The minimum Gasteiger partial charge on any atom is -0.465 e. The topological polar surface area (TPSA) is 66.7 Å². The number of morpholine rings is 1. The maximum absolute atomic E-state index is 12.3. The summed E-state index contributed by atoms with van der Waals surface area (Å²) in [5.41, 5.74) is 0. The number of hydrogen-bond donors (Lipinski definition) is 2. The summed E-state index contributed by atoms with van der Waals surface area (Å²) in [6, 6.07) is 4.10. The first kappa shape index (κ1) is 18.4. The van der Waals surface area contributed by atoms with Crippen LogP contribution < -0.4 is 10.6 Å². The highest BCUT2D eigenvalue weighted by molar-refractivity contribution is 5.75. The molecule has 2 saturated heterocycles. The lowest BCUT2D eigenvalue weighted by atomic mass is 9.93. The van der Waals surface area contributed by atoms with Gasteiger partial charge in [0.25, 0.3) is 0 Å². The molecular weight excluding hydrogens is 318 g/mol. The molecule has 25 heavy (non-hydrogen) atoms. The Labute approximate surface area is 150 Å². The number of nitrogens with zero attached hydrogens (tertiary/aromatic N) is 1. The van der Waals surface area contributed by atoms with E-state index in [1.54, 1.807) is 0 Å². The van der Waals surface area contributed by atoms with E-state index in [4.69, 9.17) is 9.15 Å². The van der Waals surface area contributed by atoms with Crippen LogP contribution in [0.3, 0.4) is 0 Å². The van der Waals surface area contributed by atoms with Gasteiger partial charge in [0.05, 0.1) is 19.3 Å². The lowest BCUT2D eigenvalue weighted by molar-refractivity contribution is -0.121. The van der Waals surface area contributed by atoms with Crippen LogP contribution in [0.25, 0.3) is 0 Å². The molecule has 0 saturated carbocycles. The number of amides is 1. The summed E-state index contributed by atoms with van der Waals surface area (Å²) in [4.78, 5) is 14.7. The van der Waals surface area contributed by atoms with Crippen LogP contribution >= 0.6 is 0 Å². The van der Waals surface area contributed by atoms with Gasteiger partial charge in [-0.25, -0.2) is 0 Å². The first-order valence-corrected chi connectivity index (χ1v) is 9.58. The van der Waals surface area contributed by atoms with Crippen LogP contribution in [0.4, 0.5) is 0 Å². The molecule has 1 amide bonds. The molecule has 0 aliphatic carbocycles. The largest absolute Gasteiger partial charge is 0.465 e. The van der Waals surface area contributed by atoms with Crippen LogP contribution in [0.15, 0.2) is 16.5 Å². The number of nitrogens with one attached hydrogen (secondary N) is 2. The van der Waals surface area contributed by atoms with Crippen LogP contribution in [0.5, 0.6) is 0 Å². The second kappa shape index (κ2) is 9.36. The molecule has 3 heterocycles. The Morgan fingerprint density at radius 1 is 1.32 bits per heavy atom. The highest BCUT2D eigenvalue weighted by Gasteiger charge is 2.25. The van der Waals surface area contributed by atoms with Gasteiger partial charge in [-0.2, -0.15) is 0 Å². The van der Waals surface area contributed by atoms with Crippen molar-refractivity contribution in [1.29, 1.82) is 0 Å². The van der Waals surface area contributed by atoms with Crippen LogP contribution in [-0.2, 0) is 9.53 Å². The first-order chi connectivity index (χ1) is 12.2. The van der Waals surface area contributed by atoms with E-state index >= 15 is 0 Å². The van der Waals surface area contributed by atoms with Crippen molar-refractivity contribution in [2.45, 2.75) is 38.6 Å². The number of rotatable bonds is 7. The van der Waals surface area contributed by atoms with Crippen LogP contribution in [0, 0.1) is 12.8 Å². The van der Waals surface area contributed by atoms with Gasteiger partial charge in [-0.1, -0.05) is 0 Å². The summed E-state index contributed by atoms with van der Waals surface area (Å²) in [7, 11) is 0. The molecule has 1 atom stereocenters. The van der Waals surface area contributed by atoms with Gasteiger partial charge in [-0.05, 0) is 57.3 Å². The molecule has 0 aromatic carbocycles. The third kappa shape index (κ3) is 5.56. The molecule has 2 fully saturated rings. The maximum atomic E-state index is 12.3. The quantitative estimate of drug-likeness (QED) is 0.786. The van der Waals surface area contributed by atoms with Gasteiger partial charge in [-0.15, -0.1) is 0 Å². The van der Waals surface area contributed by atoms with Gasteiger partial charge in [-0.3, -0.25) is 9.69 Å². The van der Waals surface area contributed by atoms with Gasteiger partial charge in [0.1, 0.15) is 11.5 Å². The van der Waals surface area contributed by atoms with Crippen molar-refractivity contribution in [3.8, 4) is 0 Å². The van der Waals surface area contributed by atoms with Gasteiger partial charge in [0.15, 0.2) is 0 Å². The van der Waals surface area contributed by atoms with Gasteiger partial charge < -0.3 is 19.8 Å². The lowest BCUT2D eigenvalue weighted by Crippen LogP contribution is -2.43. The molecule has 0 bridgehead atoms. The molecule has 0 spiro atoms. The molecule has 1 aromatic rings. The number of piperidine rings is 1. The number of carbonyl (C=O) groups excluding carboxylic acids is 1. The monoisotopic (exact) mass is 349 g/mol. The van der Waals surface area contributed by atoms with Crippen LogP contribution in [0.1, 0.15) is 43.2 Å². The fourth-order valence-corrected chi connectivity index (χ4v) is 3.74. The van der Waals surface area contributed by atoms with Crippen LogP contribution in [0.2, 0.25) is 0 Å². The van der Waals surface area contributed by atoms with E-state index in [1.165, 1.54) is 12.8 Å². The number of carbonyl (C=O) groups is 1.